The number of nitrogen functional groups attached to an aromatic ring is 1. The zero-order valence-corrected chi connectivity index (χ0v) is 7.61. The quantitative estimate of drug-likeness (QED) is 0.738. The maximum Gasteiger partial charge on any atom is 0.142 e. The zero-order chi connectivity index (χ0) is 10.1. The van der Waals surface area contributed by atoms with Crippen molar-refractivity contribution in [3.63, 3.8) is 0 Å². The summed E-state index contributed by atoms with van der Waals surface area (Å²) in [5, 5.41) is 3.96. The van der Waals surface area contributed by atoms with Crippen molar-refractivity contribution in [2.75, 3.05) is 5.73 Å². The van der Waals surface area contributed by atoms with Crippen LogP contribution in [0.25, 0.3) is 11.3 Å². The summed E-state index contributed by atoms with van der Waals surface area (Å²) < 4.78 is 14.5. The topological polar surface area (TPSA) is 56.7 Å². The van der Waals surface area contributed by atoms with E-state index in [1.807, 2.05) is 0 Å². The Morgan fingerprint density at radius 1 is 1.36 bits per heavy atom. The Hall–Kier alpha value is -1.91. The number of aryl methyl sites for hydroxylation is 1. The number of hydrogen-bond acceptors (Lipinski definition) is 3. The first-order valence-corrected chi connectivity index (χ1v) is 4.07. The first-order chi connectivity index (χ1) is 6.68. The molecule has 0 aromatic carbocycles. The molecule has 0 spiro atoms. The normalized spacial score (nSPS) is 10.4. The van der Waals surface area contributed by atoms with Gasteiger partial charge in [-0.3, -0.25) is 9.67 Å². The molecule has 0 saturated heterocycles. The molecule has 5 heteroatoms. The molecule has 2 aromatic heterocycles. The van der Waals surface area contributed by atoms with E-state index >= 15 is 0 Å². The summed E-state index contributed by atoms with van der Waals surface area (Å²) in [5.74, 6) is -0.386. The summed E-state index contributed by atoms with van der Waals surface area (Å²) in [4.78, 5) is 3.75. The van der Waals surface area contributed by atoms with E-state index in [0.29, 0.717) is 16.9 Å². The van der Waals surface area contributed by atoms with Crippen LogP contribution in [0.4, 0.5) is 10.1 Å². The van der Waals surface area contributed by atoms with E-state index in [-0.39, 0.29) is 5.82 Å². The van der Waals surface area contributed by atoms with Gasteiger partial charge in [0.1, 0.15) is 5.82 Å². The Balaban J connectivity index is 2.59. The van der Waals surface area contributed by atoms with Crippen molar-refractivity contribution in [1.29, 1.82) is 0 Å². The Morgan fingerprint density at radius 3 is 2.71 bits per heavy atom. The second kappa shape index (κ2) is 3.10. The summed E-state index contributed by atoms with van der Waals surface area (Å²) in [6.45, 7) is 0. The van der Waals surface area contributed by atoms with Crippen molar-refractivity contribution in [2.24, 2.45) is 7.05 Å². The predicted octanol–water partition coefficient (Wildman–Crippen LogP) is 1.20. The number of halogens is 1. The minimum absolute atomic E-state index is 0.386. The second-order valence-corrected chi connectivity index (χ2v) is 2.96. The van der Waals surface area contributed by atoms with Crippen LogP contribution < -0.4 is 5.73 Å². The number of nitrogens with zero attached hydrogens (tertiary/aromatic N) is 3. The van der Waals surface area contributed by atoms with Gasteiger partial charge in [-0.05, 0) is 6.07 Å². The average Bonchev–Trinajstić information content (AvgIpc) is 2.46. The average molecular weight is 192 g/mol. The van der Waals surface area contributed by atoms with E-state index in [4.69, 9.17) is 5.73 Å². The predicted molar refractivity (Wildman–Crippen MR) is 50.8 cm³/mol. The number of hydrogen-bond donors (Lipinski definition) is 1. The Bertz CT molecular complexity index is 444. The van der Waals surface area contributed by atoms with Gasteiger partial charge in [0.25, 0.3) is 0 Å². The molecule has 0 aliphatic rings. The number of nitrogens with two attached hydrogens (primary N) is 1. The lowest BCUT2D eigenvalue weighted by atomic mass is 10.2. The number of pyridine rings is 1. The fourth-order valence-electron chi connectivity index (χ4n) is 1.35. The Morgan fingerprint density at radius 2 is 2.14 bits per heavy atom. The van der Waals surface area contributed by atoms with E-state index in [0.717, 1.165) is 6.20 Å². The maximum absolute atomic E-state index is 12.9. The van der Waals surface area contributed by atoms with E-state index in [9.17, 15) is 4.39 Å². The zero-order valence-electron chi connectivity index (χ0n) is 7.61. The van der Waals surface area contributed by atoms with Crippen LogP contribution in [0.15, 0.2) is 24.7 Å². The minimum atomic E-state index is -0.386. The summed E-state index contributed by atoms with van der Waals surface area (Å²) in [7, 11) is 1.75. The van der Waals surface area contributed by atoms with Crippen molar-refractivity contribution < 1.29 is 4.39 Å². The number of anilines is 1. The summed E-state index contributed by atoms with van der Waals surface area (Å²) in [6, 6.07) is 1.38. The van der Waals surface area contributed by atoms with Gasteiger partial charge in [0.05, 0.1) is 23.8 Å². The molecule has 0 atom stereocenters. The van der Waals surface area contributed by atoms with Crippen LogP contribution in [-0.4, -0.2) is 14.8 Å². The highest BCUT2D eigenvalue weighted by atomic mass is 19.1. The molecule has 72 valence electrons. The van der Waals surface area contributed by atoms with Crippen LogP contribution in [0.1, 0.15) is 0 Å². The van der Waals surface area contributed by atoms with Gasteiger partial charge in [-0.25, -0.2) is 4.39 Å². The van der Waals surface area contributed by atoms with E-state index in [1.54, 1.807) is 17.9 Å². The Labute approximate surface area is 80.2 Å². The van der Waals surface area contributed by atoms with Gasteiger partial charge in [-0.2, -0.15) is 5.10 Å². The third-order valence-corrected chi connectivity index (χ3v) is 1.95. The molecule has 2 aromatic rings. The molecule has 0 aliphatic carbocycles. The fraction of sp³-hybridized carbons (Fsp3) is 0.111. The van der Waals surface area contributed by atoms with Crippen LogP contribution in [0.3, 0.4) is 0 Å². The van der Waals surface area contributed by atoms with Gasteiger partial charge in [0.15, 0.2) is 0 Å². The summed E-state index contributed by atoms with van der Waals surface area (Å²) in [5.41, 5.74) is 7.51. The summed E-state index contributed by atoms with van der Waals surface area (Å²) >= 11 is 0. The molecule has 0 unspecified atom stereocenters. The van der Waals surface area contributed by atoms with Crippen LogP contribution in [0, 0.1) is 5.82 Å². The third kappa shape index (κ3) is 1.32. The minimum Gasteiger partial charge on any atom is -0.396 e. The Kier molecular flexibility index (Phi) is 1.92. The molecule has 0 radical (unpaired) electrons. The van der Waals surface area contributed by atoms with Gasteiger partial charge >= 0.3 is 0 Å². The van der Waals surface area contributed by atoms with Gasteiger partial charge in [0, 0.05) is 18.8 Å². The molecule has 2 N–H and O–H groups in total. The second-order valence-electron chi connectivity index (χ2n) is 2.96. The molecule has 14 heavy (non-hydrogen) atoms. The highest BCUT2D eigenvalue weighted by molar-refractivity contribution is 5.71. The molecule has 0 amide bonds. The molecule has 2 rings (SSSR count). The van der Waals surface area contributed by atoms with Crippen molar-refractivity contribution in [3.05, 3.63) is 30.5 Å². The van der Waals surface area contributed by atoms with Crippen LogP contribution in [0.2, 0.25) is 0 Å². The smallest absolute Gasteiger partial charge is 0.142 e. The van der Waals surface area contributed by atoms with Crippen LogP contribution >= 0.6 is 0 Å². The van der Waals surface area contributed by atoms with Crippen LogP contribution in [-0.2, 0) is 7.05 Å². The van der Waals surface area contributed by atoms with Crippen molar-refractivity contribution in [1.82, 2.24) is 14.8 Å². The molecule has 0 bridgehead atoms. The highest BCUT2D eigenvalue weighted by Gasteiger charge is 2.08. The first kappa shape index (κ1) is 8.68. The SMILES string of the molecule is Cn1ncc(N)c1-c1cncc(F)c1. The lowest BCUT2D eigenvalue weighted by molar-refractivity contribution is 0.621. The van der Waals surface area contributed by atoms with Crippen LogP contribution in [0.5, 0.6) is 0 Å². The van der Waals surface area contributed by atoms with Gasteiger partial charge in [-0.1, -0.05) is 0 Å². The van der Waals surface area contributed by atoms with Crippen molar-refractivity contribution >= 4 is 5.69 Å². The van der Waals surface area contributed by atoms with E-state index in [2.05, 4.69) is 10.1 Å². The maximum atomic E-state index is 12.9. The molecular weight excluding hydrogens is 183 g/mol. The summed E-state index contributed by atoms with van der Waals surface area (Å²) in [6.07, 6.45) is 4.23. The van der Waals surface area contributed by atoms with Gasteiger partial charge in [-0.15, -0.1) is 0 Å². The molecule has 0 saturated carbocycles. The molecule has 0 aliphatic heterocycles. The largest absolute Gasteiger partial charge is 0.396 e. The fourth-order valence-corrected chi connectivity index (χ4v) is 1.35. The van der Waals surface area contributed by atoms with Crippen molar-refractivity contribution in [2.45, 2.75) is 0 Å². The third-order valence-electron chi connectivity index (χ3n) is 1.95. The number of rotatable bonds is 1. The standard InChI is InChI=1S/C9H9FN4/c1-14-9(8(11)5-13-14)6-2-7(10)4-12-3-6/h2-5H,11H2,1H3. The molecule has 0 fully saturated rings. The van der Waals surface area contributed by atoms with E-state index in [1.165, 1.54) is 12.3 Å². The van der Waals surface area contributed by atoms with Gasteiger partial charge in [0.2, 0.25) is 0 Å². The monoisotopic (exact) mass is 192 g/mol. The lowest BCUT2D eigenvalue weighted by Crippen LogP contribution is -1.96. The number of aromatic nitrogens is 3. The highest BCUT2D eigenvalue weighted by Crippen LogP contribution is 2.24. The van der Waals surface area contributed by atoms with Gasteiger partial charge < -0.3 is 5.73 Å². The van der Waals surface area contributed by atoms with E-state index < -0.39 is 0 Å². The molecule has 4 nitrogen and oxygen atoms in total. The van der Waals surface area contributed by atoms with Crippen molar-refractivity contribution in [3.8, 4) is 11.3 Å². The first-order valence-electron chi connectivity index (χ1n) is 4.07. The molecule has 2 heterocycles. The lowest BCUT2D eigenvalue weighted by Gasteiger charge is -2.02. The molecular formula is C9H9FN4.